The van der Waals surface area contributed by atoms with Crippen molar-refractivity contribution >= 4 is 56.2 Å². The van der Waals surface area contributed by atoms with Crippen LogP contribution >= 0.6 is 39.9 Å². The second-order valence-electron chi connectivity index (χ2n) is 5.95. The van der Waals surface area contributed by atoms with Crippen molar-refractivity contribution in [3.63, 3.8) is 0 Å². The minimum Gasteiger partial charge on any atom is -0.490 e. The summed E-state index contributed by atoms with van der Waals surface area (Å²) >= 11 is 10.2. The quantitative estimate of drug-likeness (QED) is 0.380. The van der Waals surface area contributed by atoms with Gasteiger partial charge in [0.25, 0.3) is 5.91 Å². The minimum absolute atomic E-state index is 0.0632. The van der Waals surface area contributed by atoms with Crippen LogP contribution in [0.15, 0.2) is 51.8 Å². The topological polar surface area (TPSA) is 38.8 Å². The van der Waals surface area contributed by atoms with Crippen LogP contribution in [0.25, 0.3) is 6.08 Å². The Morgan fingerprint density at radius 1 is 1.14 bits per heavy atom. The summed E-state index contributed by atoms with van der Waals surface area (Å²) < 4.78 is 13.2. The van der Waals surface area contributed by atoms with Gasteiger partial charge in [0.1, 0.15) is 10.9 Å². The third-order valence-electron chi connectivity index (χ3n) is 4.08. The number of hydrogen-bond donors (Lipinski definition) is 0. The van der Waals surface area contributed by atoms with E-state index in [1.807, 2.05) is 62.4 Å². The van der Waals surface area contributed by atoms with Gasteiger partial charge in [0.2, 0.25) is 0 Å². The summed E-state index contributed by atoms with van der Waals surface area (Å²) in [5.41, 5.74) is 1.92. The Kier molecular flexibility index (Phi) is 7.15. The maximum absolute atomic E-state index is 12.5. The first-order valence-corrected chi connectivity index (χ1v) is 10.9. The van der Waals surface area contributed by atoms with E-state index in [1.54, 1.807) is 4.90 Å². The van der Waals surface area contributed by atoms with Gasteiger partial charge in [0.15, 0.2) is 11.5 Å². The summed E-state index contributed by atoms with van der Waals surface area (Å²) in [6.07, 6.45) is 1.84. The van der Waals surface area contributed by atoms with E-state index < -0.39 is 0 Å². The monoisotopic (exact) mass is 477 g/mol. The lowest BCUT2D eigenvalue weighted by Crippen LogP contribution is -2.27. The second-order valence-corrected chi connectivity index (χ2v) is 8.48. The molecule has 2 aromatic carbocycles. The number of amides is 1. The molecule has 1 aliphatic rings. The van der Waals surface area contributed by atoms with Gasteiger partial charge in [-0.1, -0.05) is 70.2 Å². The zero-order valence-corrected chi connectivity index (χ0v) is 18.8. The number of rotatable bonds is 7. The summed E-state index contributed by atoms with van der Waals surface area (Å²) in [4.78, 5) is 14.7. The maximum Gasteiger partial charge on any atom is 0.266 e. The van der Waals surface area contributed by atoms with Crippen molar-refractivity contribution < 1.29 is 14.3 Å². The van der Waals surface area contributed by atoms with Crippen LogP contribution in [0.5, 0.6) is 11.5 Å². The Hall–Kier alpha value is -1.83. The number of likely N-dealkylation sites (N-methyl/N-ethyl adjacent to an activating group) is 1. The standard InChI is InChI=1S/C21H20BrNO3S2/c1-3-23-20(24)19(28-21(23)27)11-15-10-17(25-4-2)18(12-16(15)22)26-13-14-8-6-5-7-9-14/h5-12H,3-4,13H2,1-2H3/b19-11-. The first kappa shape index (κ1) is 20.9. The van der Waals surface area contributed by atoms with E-state index in [0.29, 0.717) is 40.5 Å². The molecule has 0 unspecified atom stereocenters. The number of carbonyl (C=O) groups is 1. The van der Waals surface area contributed by atoms with E-state index >= 15 is 0 Å². The van der Waals surface area contributed by atoms with Crippen LogP contribution in [-0.4, -0.2) is 28.3 Å². The molecule has 1 heterocycles. The maximum atomic E-state index is 12.5. The normalized spacial score (nSPS) is 15.4. The minimum atomic E-state index is -0.0632. The number of thiocarbonyl (C=S) groups is 1. The highest BCUT2D eigenvalue weighted by Crippen LogP contribution is 2.38. The Bertz CT molecular complexity index is 915. The molecule has 0 N–H and O–H groups in total. The first-order valence-electron chi connectivity index (χ1n) is 8.92. The van der Waals surface area contributed by atoms with Crippen molar-refractivity contribution in [1.82, 2.24) is 4.90 Å². The van der Waals surface area contributed by atoms with E-state index in [2.05, 4.69) is 15.9 Å². The molecule has 0 saturated carbocycles. The molecule has 0 spiro atoms. The van der Waals surface area contributed by atoms with Gasteiger partial charge >= 0.3 is 0 Å². The van der Waals surface area contributed by atoms with Crippen LogP contribution in [-0.2, 0) is 11.4 Å². The lowest BCUT2D eigenvalue weighted by molar-refractivity contribution is -0.121. The van der Waals surface area contributed by atoms with Crippen LogP contribution in [0.1, 0.15) is 25.0 Å². The predicted octanol–water partition coefficient (Wildman–Crippen LogP) is 5.65. The Labute approximate surface area is 183 Å². The molecule has 3 rings (SSSR count). The van der Waals surface area contributed by atoms with Crippen LogP contribution in [0.3, 0.4) is 0 Å². The summed E-state index contributed by atoms with van der Waals surface area (Å²) in [6, 6.07) is 13.7. The Morgan fingerprint density at radius 2 is 1.86 bits per heavy atom. The second kappa shape index (κ2) is 9.58. The molecular formula is C21H20BrNO3S2. The number of thioether (sulfide) groups is 1. The number of benzene rings is 2. The van der Waals surface area contributed by atoms with Crippen molar-refractivity contribution in [3.05, 3.63) is 63.0 Å². The van der Waals surface area contributed by atoms with Crippen LogP contribution in [0.2, 0.25) is 0 Å². The average Bonchev–Trinajstić information content (AvgIpc) is 2.96. The summed E-state index contributed by atoms with van der Waals surface area (Å²) in [7, 11) is 0. The number of carbonyl (C=O) groups excluding carboxylic acids is 1. The van der Waals surface area contributed by atoms with Crippen molar-refractivity contribution in [2.45, 2.75) is 20.5 Å². The van der Waals surface area contributed by atoms with Gasteiger partial charge < -0.3 is 9.47 Å². The van der Waals surface area contributed by atoms with Crippen molar-refractivity contribution in [2.75, 3.05) is 13.2 Å². The largest absolute Gasteiger partial charge is 0.490 e. The highest BCUT2D eigenvalue weighted by atomic mass is 79.9. The molecule has 0 atom stereocenters. The van der Waals surface area contributed by atoms with Gasteiger partial charge in [-0.2, -0.15) is 0 Å². The van der Waals surface area contributed by atoms with Crippen LogP contribution < -0.4 is 9.47 Å². The van der Waals surface area contributed by atoms with E-state index in [0.717, 1.165) is 15.6 Å². The molecule has 0 aromatic heterocycles. The number of nitrogens with zero attached hydrogens (tertiary/aromatic N) is 1. The van der Waals surface area contributed by atoms with Crippen LogP contribution in [0.4, 0.5) is 0 Å². The zero-order valence-electron chi connectivity index (χ0n) is 15.6. The van der Waals surface area contributed by atoms with E-state index in [4.69, 9.17) is 21.7 Å². The van der Waals surface area contributed by atoms with Crippen molar-refractivity contribution in [3.8, 4) is 11.5 Å². The highest BCUT2D eigenvalue weighted by Gasteiger charge is 2.30. The smallest absolute Gasteiger partial charge is 0.266 e. The molecule has 1 fully saturated rings. The Morgan fingerprint density at radius 3 is 2.50 bits per heavy atom. The molecule has 7 heteroatoms. The molecule has 1 amide bonds. The van der Waals surface area contributed by atoms with Gasteiger partial charge in [0.05, 0.1) is 11.5 Å². The number of hydrogen-bond acceptors (Lipinski definition) is 5. The van der Waals surface area contributed by atoms with Gasteiger partial charge in [-0.15, -0.1) is 0 Å². The van der Waals surface area contributed by atoms with E-state index in [9.17, 15) is 4.79 Å². The lowest BCUT2D eigenvalue weighted by Gasteiger charge is -2.14. The summed E-state index contributed by atoms with van der Waals surface area (Å²) in [5.74, 6) is 1.22. The molecule has 0 radical (unpaired) electrons. The highest BCUT2D eigenvalue weighted by molar-refractivity contribution is 9.10. The Balaban J connectivity index is 1.87. The van der Waals surface area contributed by atoms with Crippen LogP contribution in [0, 0.1) is 0 Å². The van der Waals surface area contributed by atoms with Gasteiger partial charge in [-0.05, 0) is 43.2 Å². The van der Waals surface area contributed by atoms with E-state index in [1.165, 1.54) is 11.8 Å². The fourth-order valence-corrected chi connectivity index (χ4v) is 4.50. The van der Waals surface area contributed by atoms with Crippen molar-refractivity contribution in [2.24, 2.45) is 0 Å². The average molecular weight is 478 g/mol. The molecule has 0 bridgehead atoms. The third kappa shape index (κ3) is 4.77. The number of halogens is 1. The molecule has 4 nitrogen and oxygen atoms in total. The molecule has 1 aliphatic heterocycles. The molecule has 1 saturated heterocycles. The molecular weight excluding hydrogens is 458 g/mol. The zero-order chi connectivity index (χ0) is 20.1. The molecule has 0 aliphatic carbocycles. The third-order valence-corrected chi connectivity index (χ3v) is 6.14. The van der Waals surface area contributed by atoms with E-state index in [-0.39, 0.29) is 5.91 Å². The van der Waals surface area contributed by atoms with Crippen molar-refractivity contribution in [1.29, 1.82) is 0 Å². The fourth-order valence-electron chi connectivity index (χ4n) is 2.69. The van der Waals surface area contributed by atoms with Gasteiger partial charge in [0, 0.05) is 11.0 Å². The predicted molar refractivity (Wildman–Crippen MR) is 122 cm³/mol. The molecule has 28 heavy (non-hydrogen) atoms. The fraction of sp³-hybridized carbons (Fsp3) is 0.238. The lowest BCUT2D eigenvalue weighted by atomic mass is 10.1. The molecule has 2 aromatic rings. The molecule has 146 valence electrons. The number of ether oxygens (including phenoxy) is 2. The SMILES string of the molecule is CCOc1cc(/C=C2\SC(=S)N(CC)C2=O)c(Br)cc1OCc1ccccc1. The first-order chi connectivity index (χ1) is 13.5. The summed E-state index contributed by atoms with van der Waals surface area (Å²) in [6.45, 7) is 5.37. The van der Waals surface area contributed by atoms with Gasteiger partial charge in [-0.3, -0.25) is 9.69 Å². The van der Waals surface area contributed by atoms with Gasteiger partial charge in [-0.25, -0.2) is 0 Å². The summed E-state index contributed by atoms with van der Waals surface area (Å²) in [5, 5.41) is 0.